The molecule has 0 heterocycles. The van der Waals surface area contributed by atoms with Gasteiger partial charge in [-0.1, -0.05) is 110 Å². The molecular weight excluding hydrogens is 722 g/mol. The maximum absolute atomic E-state index is 6.38. The standard InChI is InChI=1S/C19H16Br4Cl4O2/c20-6-12(22)8-28-18-14(24)2-10(3-15(18)25)1-11-4-16(26)19(17(27)5-11)29-9-13(23)7-21/h2-5,12-13H,1,6-9H2. The number of hydrogen-bond acceptors (Lipinski definition) is 2. The highest BCUT2D eigenvalue weighted by atomic mass is 79.9. The number of hydrogen-bond donors (Lipinski definition) is 0. The lowest BCUT2D eigenvalue weighted by molar-refractivity contribution is 0.326. The third-order valence-corrected chi connectivity index (χ3v) is 9.28. The first-order chi connectivity index (χ1) is 13.7. The summed E-state index contributed by atoms with van der Waals surface area (Å²) in [5.41, 5.74) is 1.84. The minimum atomic E-state index is 0.161. The van der Waals surface area contributed by atoms with Gasteiger partial charge in [-0.2, -0.15) is 0 Å². The van der Waals surface area contributed by atoms with Crippen molar-refractivity contribution >= 4 is 110 Å². The molecule has 0 radical (unpaired) electrons. The molecule has 2 rings (SSSR count). The predicted octanol–water partition coefficient (Wildman–Crippen LogP) is 8.97. The summed E-state index contributed by atoms with van der Waals surface area (Å²) in [4.78, 5) is 0.322. The molecule has 0 fully saturated rings. The third kappa shape index (κ3) is 8.20. The van der Waals surface area contributed by atoms with Gasteiger partial charge < -0.3 is 9.47 Å². The second kappa shape index (κ2) is 13.0. The van der Waals surface area contributed by atoms with Crippen LogP contribution in [0.3, 0.4) is 0 Å². The van der Waals surface area contributed by atoms with E-state index in [1.807, 2.05) is 24.3 Å². The van der Waals surface area contributed by atoms with Crippen molar-refractivity contribution in [3.63, 3.8) is 0 Å². The molecular formula is C19H16Br4Cl4O2. The van der Waals surface area contributed by atoms with Gasteiger partial charge in [0, 0.05) is 10.7 Å². The van der Waals surface area contributed by atoms with E-state index in [0.717, 1.165) is 21.8 Å². The third-order valence-electron chi connectivity index (χ3n) is 3.68. The number of ether oxygens (including phenoxy) is 2. The number of alkyl halides is 4. The van der Waals surface area contributed by atoms with E-state index in [-0.39, 0.29) is 9.65 Å². The minimum Gasteiger partial charge on any atom is -0.489 e. The molecule has 10 heteroatoms. The highest BCUT2D eigenvalue weighted by molar-refractivity contribution is 9.12. The molecule has 2 aromatic rings. The first-order valence-corrected chi connectivity index (χ1v) is 13.9. The molecule has 2 nitrogen and oxygen atoms in total. The average Bonchev–Trinajstić information content (AvgIpc) is 2.66. The summed E-state index contributed by atoms with van der Waals surface area (Å²) >= 11 is 39.3. The SMILES string of the molecule is Clc1cc(Cc2cc(Cl)c(OCC(Br)CBr)c(Cl)c2)cc(Cl)c1OCC(Br)CBr. The molecule has 2 unspecified atom stereocenters. The number of benzene rings is 2. The van der Waals surface area contributed by atoms with Crippen molar-refractivity contribution < 1.29 is 9.47 Å². The topological polar surface area (TPSA) is 18.5 Å². The van der Waals surface area contributed by atoms with Crippen LogP contribution in [-0.2, 0) is 6.42 Å². The van der Waals surface area contributed by atoms with E-state index in [9.17, 15) is 0 Å². The van der Waals surface area contributed by atoms with Crippen LogP contribution in [0.2, 0.25) is 20.1 Å². The van der Waals surface area contributed by atoms with E-state index in [4.69, 9.17) is 55.9 Å². The van der Waals surface area contributed by atoms with E-state index in [1.54, 1.807) is 0 Å². The van der Waals surface area contributed by atoms with E-state index in [0.29, 0.717) is 51.2 Å². The van der Waals surface area contributed by atoms with Gasteiger partial charge in [-0.3, -0.25) is 0 Å². The van der Waals surface area contributed by atoms with Crippen molar-refractivity contribution in [1.29, 1.82) is 0 Å². The fourth-order valence-corrected chi connectivity index (χ4v) is 4.30. The zero-order valence-corrected chi connectivity index (χ0v) is 24.2. The van der Waals surface area contributed by atoms with Gasteiger partial charge in [-0.25, -0.2) is 0 Å². The zero-order chi connectivity index (χ0) is 21.6. The van der Waals surface area contributed by atoms with Crippen molar-refractivity contribution in [3.05, 3.63) is 55.5 Å². The summed E-state index contributed by atoms with van der Waals surface area (Å²) in [5, 5.41) is 3.34. The fourth-order valence-electron chi connectivity index (χ4n) is 2.38. The van der Waals surface area contributed by atoms with Crippen LogP contribution in [0, 0.1) is 0 Å². The maximum atomic E-state index is 6.38. The second-order valence-electron chi connectivity index (χ2n) is 6.08. The van der Waals surface area contributed by atoms with E-state index >= 15 is 0 Å². The van der Waals surface area contributed by atoms with Crippen molar-refractivity contribution in [1.82, 2.24) is 0 Å². The van der Waals surface area contributed by atoms with Gasteiger partial charge >= 0.3 is 0 Å². The monoisotopic (exact) mass is 732 g/mol. The van der Waals surface area contributed by atoms with Gasteiger partial charge in [0.1, 0.15) is 13.2 Å². The Hall–Kier alpha value is 1.12. The van der Waals surface area contributed by atoms with Gasteiger partial charge in [0.05, 0.1) is 29.7 Å². The van der Waals surface area contributed by atoms with Gasteiger partial charge in [0.2, 0.25) is 0 Å². The molecule has 0 saturated heterocycles. The van der Waals surface area contributed by atoms with Crippen LogP contribution in [0.5, 0.6) is 11.5 Å². The molecule has 0 aliphatic carbocycles. The largest absolute Gasteiger partial charge is 0.489 e. The quantitative estimate of drug-likeness (QED) is 0.227. The van der Waals surface area contributed by atoms with Gasteiger partial charge in [-0.15, -0.1) is 0 Å². The molecule has 0 amide bonds. The first kappa shape index (κ1) is 26.4. The highest BCUT2D eigenvalue weighted by Gasteiger charge is 2.15. The average molecular weight is 738 g/mol. The van der Waals surface area contributed by atoms with Crippen LogP contribution in [0.4, 0.5) is 0 Å². The highest BCUT2D eigenvalue weighted by Crippen LogP contribution is 2.38. The van der Waals surface area contributed by atoms with Crippen LogP contribution < -0.4 is 9.47 Å². The molecule has 160 valence electrons. The van der Waals surface area contributed by atoms with Crippen LogP contribution in [0.25, 0.3) is 0 Å². The number of halogens is 8. The molecule has 0 aliphatic rings. The summed E-state index contributed by atoms with van der Waals surface area (Å²) in [6.07, 6.45) is 0.560. The molecule has 0 spiro atoms. The smallest absolute Gasteiger partial charge is 0.156 e. The van der Waals surface area contributed by atoms with Crippen LogP contribution in [0.1, 0.15) is 11.1 Å². The lowest BCUT2D eigenvalue weighted by Gasteiger charge is -2.15. The van der Waals surface area contributed by atoms with E-state index in [2.05, 4.69) is 63.7 Å². The Morgan fingerprint density at radius 1 is 0.655 bits per heavy atom. The van der Waals surface area contributed by atoms with Crippen molar-refractivity contribution in [2.45, 2.75) is 16.1 Å². The predicted molar refractivity (Wildman–Crippen MR) is 140 cm³/mol. The maximum Gasteiger partial charge on any atom is 0.156 e. The Labute approximate surface area is 224 Å². The lowest BCUT2D eigenvalue weighted by atomic mass is 10.0. The molecule has 0 aromatic heterocycles. The van der Waals surface area contributed by atoms with E-state index in [1.165, 1.54) is 0 Å². The summed E-state index contributed by atoms with van der Waals surface area (Å²) < 4.78 is 11.5. The molecule has 2 atom stereocenters. The molecule has 0 N–H and O–H groups in total. The summed E-state index contributed by atoms with van der Waals surface area (Å²) in [6, 6.07) is 7.32. The normalized spacial score (nSPS) is 13.2. The van der Waals surface area contributed by atoms with Gasteiger partial charge in [-0.05, 0) is 41.8 Å². The van der Waals surface area contributed by atoms with Gasteiger partial charge in [0.15, 0.2) is 11.5 Å². The summed E-state index contributed by atoms with van der Waals surface area (Å²) in [5.74, 6) is 0.942. The Kier molecular flexibility index (Phi) is 11.8. The molecule has 2 aromatic carbocycles. The van der Waals surface area contributed by atoms with Crippen LogP contribution in [0.15, 0.2) is 24.3 Å². The molecule has 0 bridgehead atoms. The Bertz CT molecular complexity index is 724. The zero-order valence-electron chi connectivity index (χ0n) is 14.8. The van der Waals surface area contributed by atoms with Crippen molar-refractivity contribution in [3.8, 4) is 11.5 Å². The molecule has 0 saturated carbocycles. The Morgan fingerprint density at radius 3 is 1.24 bits per heavy atom. The van der Waals surface area contributed by atoms with Crippen LogP contribution in [-0.4, -0.2) is 33.5 Å². The Balaban J connectivity index is 2.15. The fraction of sp³-hybridized carbons (Fsp3) is 0.368. The second-order valence-corrected chi connectivity index (χ2v) is 11.6. The lowest BCUT2D eigenvalue weighted by Crippen LogP contribution is -2.13. The molecule has 29 heavy (non-hydrogen) atoms. The van der Waals surface area contributed by atoms with Crippen molar-refractivity contribution in [2.75, 3.05) is 23.9 Å². The minimum absolute atomic E-state index is 0.161. The summed E-state index contributed by atoms with van der Waals surface area (Å²) in [7, 11) is 0. The van der Waals surface area contributed by atoms with Gasteiger partial charge in [0.25, 0.3) is 0 Å². The Morgan fingerprint density at radius 2 is 0.966 bits per heavy atom. The molecule has 0 aliphatic heterocycles. The number of rotatable bonds is 10. The first-order valence-electron chi connectivity index (χ1n) is 8.36. The van der Waals surface area contributed by atoms with Crippen molar-refractivity contribution in [2.24, 2.45) is 0 Å². The van der Waals surface area contributed by atoms with Crippen LogP contribution >= 0.6 is 110 Å². The summed E-state index contributed by atoms with van der Waals surface area (Å²) in [6.45, 7) is 0.891. The van der Waals surface area contributed by atoms with E-state index < -0.39 is 0 Å².